The van der Waals surface area contributed by atoms with Crippen LogP contribution in [0.4, 0.5) is 0 Å². The minimum atomic E-state index is 0.179. The van der Waals surface area contributed by atoms with Gasteiger partial charge in [0.2, 0.25) is 0 Å². The third kappa shape index (κ3) is 7.11. The topological polar surface area (TPSA) is 26.0 Å². The van der Waals surface area contributed by atoms with E-state index >= 15 is 0 Å². The van der Waals surface area contributed by atoms with E-state index in [9.17, 15) is 0 Å². The number of hydrogen-bond acceptors (Lipinski definition) is 1. The molecular formula is C19H39N. The van der Waals surface area contributed by atoms with Crippen molar-refractivity contribution in [2.24, 2.45) is 11.7 Å². The zero-order chi connectivity index (χ0) is 14.7. The lowest BCUT2D eigenvalue weighted by molar-refractivity contribution is 0.187. The maximum Gasteiger partial charge on any atom is 0.0180 e. The molecule has 0 amide bonds. The van der Waals surface area contributed by atoms with Gasteiger partial charge in [0.1, 0.15) is 0 Å². The first kappa shape index (κ1) is 18.0. The predicted molar refractivity (Wildman–Crippen MR) is 91.0 cm³/mol. The van der Waals surface area contributed by atoms with Crippen LogP contribution in [-0.2, 0) is 0 Å². The van der Waals surface area contributed by atoms with Crippen molar-refractivity contribution in [3.63, 3.8) is 0 Å². The zero-order valence-corrected chi connectivity index (χ0v) is 14.3. The predicted octanol–water partition coefficient (Wildman–Crippen LogP) is 6.21. The molecule has 2 N–H and O–H groups in total. The number of unbranched alkanes of at least 4 members (excludes halogenated alkanes) is 9. The minimum absolute atomic E-state index is 0.179. The van der Waals surface area contributed by atoms with Gasteiger partial charge in [-0.1, -0.05) is 90.9 Å². The third-order valence-corrected chi connectivity index (χ3v) is 5.51. The lowest BCUT2D eigenvalue weighted by atomic mass is 9.71. The van der Waals surface area contributed by atoms with E-state index in [0.29, 0.717) is 0 Å². The quantitative estimate of drug-likeness (QED) is 0.448. The molecule has 0 aliphatic heterocycles. The first-order chi connectivity index (χ1) is 9.69. The average molecular weight is 282 g/mol. The molecule has 0 radical (unpaired) electrons. The summed E-state index contributed by atoms with van der Waals surface area (Å²) < 4.78 is 0. The molecule has 1 rings (SSSR count). The highest BCUT2D eigenvalue weighted by Crippen LogP contribution is 2.35. The molecule has 1 saturated carbocycles. The van der Waals surface area contributed by atoms with Gasteiger partial charge in [0.05, 0.1) is 0 Å². The number of rotatable bonds is 11. The Balaban J connectivity index is 1.91. The van der Waals surface area contributed by atoms with Crippen molar-refractivity contribution >= 4 is 0 Å². The molecule has 2 atom stereocenters. The molecule has 0 aromatic carbocycles. The van der Waals surface area contributed by atoms with Crippen LogP contribution in [0.15, 0.2) is 0 Å². The Morgan fingerprint density at radius 2 is 1.40 bits per heavy atom. The van der Waals surface area contributed by atoms with Gasteiger partial charge in [0.15, 0.2) is 0 Å². The second-order valence-electron chi connectivity index (χ2n) is 7.31. The Bertz CT molecular complexity index is 226. The molecule has 1 heteroatoms. The molecule has 1 nitrogen and oxygen atoms in total. The molecular weight excluding hydrogens is 242 g/mol. The first-order valence-electron chi connectivity index (χ1n) is 9.48. The Labute approximate surface area is 128 Å². The van der Waals surface area contributed by atoms with Crippen molar-refractivity contribution in [3.05, 3.63) is 0 Å². The van der Waals surface area contributed by atoms with Gasteiger partial charge in [-0.15, -0.1) is 0 Å². The van der Waals surface area contributed by atoms with E-state index in [1.807, 2.05) is 0 Å². The SMILES string of the molecule is CCCCCCCCCCCCC1(N)CCCCC1C. The molecule has 1 aliphatic rings. The van der Waals surface area contributed by atoms with Crippen LogP contribution in [0.5, 0.6) is 0 Å². The molecule has 0 bridgehead atoms. The van der Waals surface area contributed by atoms with E-state index in [1.54, 1.807) is 0 Å². The van der Waals surface area contributed by atoms with Gasteiger partial charge in [-0.25, -0.2) is 0 Å². The summed E-state index contributed by atoms with van der Waals surface area (Å²) in [6.07, 6.45) is 20.9. The summed E-state index contributed by atoms with van der Waals surface area (Å²) in [7, 11) is 0. The van der Waals surface area contributed by atoms with Gasteiger partial charge < -0.3 is 5.73 Å². The van der Waals surface area contributed by atoms with Gasteiger partial charge >= 0.3 is 0 Å². The molecule has 1 fully saturated rings. The summed E-state index contributed by atoms with van der Waals surface area (Å²) in [4.78, 5) is 0. The fourth-order valence-corrected chi connectivity index (χ4v) is 3.75. The third-order valence-electron chi connectivity index (χ3n) is 5.51. The Morgan fingerprint density at radius 3 is 1.95 bits per heavy atom. The number of nitrogens with two attached hydrogens (primary N) is 1. The van der Waals surface area contributed by atoms with E-state index in [4.69, 9.17) is 5.73 Å². The second kappa shape index (κ2) is 10.7. The Morgan fingerprint density at radius 1 is 0.850 bits per heavy atom. The summed E-state index contributed by atoms with van der Waals surface area (Å²) in [6.45, 7) is 4.66. The highest BCUT2D eigenvalue weighted by molar-refractivity contribution is 4.91. The smallest absolute Gasteiger partial charge is 0.0180 e. The van der Waals surface area contributed by atoms with Crippen LogP contribution >= 0.6 is 0 Å². The fourth-order valence-electron chi connectivity index (χ4n) is 3.75. The molecule has 20 heavy (non-hydrogen) atoms. The lowest BCUT2D eigenvalue weighted by Crippen LogP contribution is -2.47. The van der Waals surface area contributed by atoms with E-state index in [2.05, 4.69) is 13.8 Å². The molecule has 0 saturated heterocycles. The largest absolute Gasteiger partial charge is 0.325 e. The fraction of sp³-hybridized carbons (Fsp3) is 1.00. The van der Waals surface area contributed by atoms with Crippen LogP contribution < -0.4 is 5.73 Å². The average Bonchev–Trinajstić information content (AvgIpc) is 2.44. The summed E-state index contributed by atoms with van der Waals surface area (Å²) >= 11 is 0. The molecule has 1 aliphatic carbocycles. The maximum atomic E-state index is 6.61. The van der Waals surface area contributed by atoms with Crippen LogP contribution in [0.25, 0.3) is 0 Å². The van der Waals surface area contributed by atoms with Crippen molar-refractivity contribution in [1.82, 2.24) is 0 Å². The monoisotopic (exact) mass is 281 g/mol. The van der Waals surface area contributed by atoms with E-state index < -0.39 is 0 Å². The summed E-state index contributed by atoms with van der Waals surface area (Å²) in [5.74, 6) is 0.745. The van der Waals surface area contributed by atoms with Crippen molar-refractivity contribution in [2.45, 2.75) is 116 Å². The Kier molecular flexibility index (Phi) is 9.59. The molecule has 0 heterocycles. The number of hydrogen-bond donors (Lipinski definition) is 1. The highest BCUT2D eigenvalue weighted by Gasteiger charge is 2.33. The van der Waals surface area contributed by atoms with Gasteiger partial charge in [0.25, 0.3) is 0 Å². The van der Waals surface area contributed by atoms with Crippen LogP contribution in [0.3, 0.4) is 0 Å². The van der Waals surface area contributed by atoms with Gasteiger partial charge in [-0.2, -0.15) is 0 Å². The molecule has 0 aromatic rings. The van der Waals surface area contributed by atoms with Crippen LogP contribution in [0.2, 0.25) is 0 Å². The van der Waals surface area contributed by atoms with Crippen LogP contribution in [0, 0.1) is 5.92 Å². The van der Waals surface area contributed by atoms with Crippen molar-refractivity contribution in [2.75, 3.05) is 0 Å². The zero-order valence-electron chi connectivity index (χ0n) is 14.3. The summed E-state index contributed by atoms with van der Waals surface area (Å²) in [5.41, 5.74) is 6.79. The lowest BCUT2D eigenvalue weighted by Gasteiger charge is -2.39. The standard InChI is InChI=1S/C19H39N/c1-3-4-5-6-7-8-9-10-11-13-16-19(20)17-14-12-15-18(19)2/h18H,3-17,20H2,1-2H3. The second-order valence-corrected chi connectivity index (χ2v) is 7.31. The highest BCUT2D eigenvalue weighted by atomic mass is 14.8. The van der Waals surface area contributed by atoms with E-state index in [0.717, 1.165) is 5.92 Å². The van der Waals surface area contributed by atoms with Crippen LogP contribution in [-0.4, -0.2) is 5.54 Å². The Hall–Kier alpha value is -0.0400. The minimum Gasteiger partial charge on any atom is -0.325 e. The molecule has 0 spiro atoms. The van der Waals surface area contributed by atoms with Crippen LogP contribution in [0.1, 0.15) is 110 Å². The van der Waals surface area contributed by atoms with E-state index in [1.165, 1.54) is 96.3 Å². The normalized spacial score (nSPS) is 26.9. The van der Waals surface area contributed by atoms with Gasteiger partial charge in [0, 0.05) is 5.54 Å². The molecule has 2 unspecified atom stereocenters. The summed E-state index contributed by atoms with van der Waals surface area (Å²) in [5, 5.41) is 0. The van der Waals surface area contributed by atoms with Gasteiger partial charge in [-0.3, -0.25) is 0 Å². The molecule has 120 valence electrons. The summed E-state index contributed by atoms with van der Waals surface area (Å²) in [6, 6.07) is 0. The first-order valence-corrected chi connectivity index (χ1v) is 9.48. The maximum absolute atomic E-state index is 6.61. The van der Waals surface area contributed by atoms with E-state index in [-0.39, 0.29) is 5.54 Å². The van der Waals surface area contributed by atoms with Crippen molar-refractivity contribution in [3.8, 4) is 0 Å². The van der Waals surface area contributed by atoms with Crippen molar-refractivity contribution < 1.29 is 0 Å². The van der Waals surface area contributed by atoms with Crippen molar-refractivity contribution in [1.29, 1.82) is 0 Å². The molecule has 0 aromatic heterocycles. The van der Waals surface area contributed by atoms with Gasteiger partial charge in [-0.05, 0) is 25.2 Å².